The second-order valence-electron chi connectivity index (χ2n) is 6.94. The highest BCUT2D eigenvalue weighted by atomic mass is 32.1. The first-order chi connectivity index (χ1) is 14.9. The number of thiocarbonyl (C=S) groups is 1. The zero-order valence-corrected chi connectivity index (χ0v) is 17.2. The predicted octanol–water partition coefficient (Wildman–Crippen LogP) is 4.59. The van der Waals surface area contributed by atoms with Gasteiger partial charge in [0, 0.05) is 31.3 Å². The van der Waals surface area contributed by atoms with Gasteiger partial charge in [-0.15, -0.1) is 13.2 Å². The number of hydrogen-bond acceptors (Lipinski definition) is 5. The Morgan fingerprint density at radius 2 is 1.59 bits per heavy atom. The maximum Gasteiger partial charge on any atom is 0.573 e. The molecule has 1 saturated heterocycles. The molecule has 0 atom stereocenters. The summed E-state index contributed by atoms with van der Waals surface area (Å²) in [5.74, 6) is -0.537. The second-order valence-corrected chi connectivity index (χ2v) is 7.38. The lowest BCUT2D eigenvalue weighted by Gasteiger charge is -2.33. The normalized spacial score (nSPS) is 15.4. The van der Waals surface area contributed by atoms with Gasteiger partial charge in [0.2, 0.25) is 0 Å². The van der Waals surface area contributed by atoms with E-state index in [1.54, 1.807) is 4.90 Å². The molecule has 1 fully saturated rings. The lowest BCUT2D eigenvalue weighted by atomic mass is 10.1. The van der Waals surface area contributed by atoms with Gasteiger partial charge in [-0.05, 0) is 49.3 Å². The van der Waals surface area contributed by atoms with Crippen molar-refractivity contribution in [2.75, 3.05) is 18.0 Å². The first-order valence-corrected chi connectivity index (χ1v) is 9.74. The van der Waals surface area contributed by atoms with Crippen LogP contribution < -0.4 is 25.4 Å². The Morgan fingerprint density at radius 3 is 2.12 bits per heavy atom. The largest absolute Gasteiger partial charge is 0.573 e. The predicted molar refractivity (Wildman–Crippen MR) is 108 cm³/mol. The zero-order chi connectivity index (χ0) is 23.5. The van der Waals surface area contributed by atoms with Crippen LogP contribution in [0.3, 0.4) is 0 Å². The number of nitrogens with one attached hydrogen (secondary N) is 1. The van der Waals surface area contributed by atoms with Crippen molar-refractivity contribution in [2.45, 2.75) is 31.4 Å². The first kappa shape index (κ1) is 23.7. The first-order valence-electron chi connectivity index (χ1n) is 9.33. The minimum atomic E-state index is -4.86. The molecule has 6 nitrogen and oxygen atoms in total. The maximum absolute atomic E-state index is 13.4. The lowest BCUT2D eigenvalue weighted by Crippen LogP contribution is -2.46. The summed E-state index contributed by atoms with van der Waals surface area (Å²) in [6, 6.07) is 6.39. The summed E-state index contributed by atoms with van der Waals surface area (Å²) in [5, 5.41) is 3.08. The second kappa shape index (κ2) is 9.27. The Morgan fingerprint density at radius 1 is 1.00 bits per heavy atom. The third kappa shape index (κ3) is 6.77. The summed E-state index contributed by atoms with van der Waals surface area (Å²) in [6.07, 6.45) is -8.40. The van der Waals surface area contributed by atoms with Crippen molar-refractivity contribution in [1.29, 1.82) is 0 Å². The molecular weight excluding hydrogens is 462 g/mol. The summed E-state index contributed by atoms with van der Waals surface area (Å²) in [4.78, 5) is 5.40. The van der Waals surface area contributed by atoms with Gasteiger partial charge >= 0.3 is 12.5 Å². The zero-order valence-electron chi connectivity index (χ0n) is 16.3. The third-order valence-corrected chi connectivity index (χ3v) is 4.65. The van der Waals surface area contributed by atoms with E-state index in [0.717, 1.165) is 30.3 Å². The van der Waals surface area contributed by atoms with Gasteiger partial charge in [-0.3, -0.25) is 0 Å². The summed E-state index contributed by atoms with van der Waals surface area (Å²) in [6.45, 7) is 0.828. The van der Waals surface area contributed by atoms with Crippen LogP contribution in [-0.4, -0.2) is 35.6 Å². The van der Waals surface area contributed by atoms with E-state index in [9.17, 15) is 26.3 Å². The van der Waals surface area contributed by atoms with E-state index in [0.29, 0.717) is 25.9 Å². The van der Waals surface area contributed by atoms with Gasteiger partial charge in [0.15, 0.2) is 10.8 Å². The lowest BCUT2D eigenvalue weighted by molar-refractivity contribution is -0.274. The number of benzene rings is 1. The van der Waals surface area contributed by atoms with Crippen molar-refractivity contribution < 1.29 is 35.8 Å². The number of nitrogens with two attached hydrogens (primary N) is 1. The minimum absolute atomic E-state index is 0.0164. The van der Waals surface area contributed by atoms with Gasteiger partial charge in [-0.2, -0.15) is 13.2 Å². The molecule has 0 radical (unpaired) electrons. The van der Waals surface area contributed by atoms with Crippen molar-refractivity contribution >= 4 is 23.1 Å². The molecule has 2 aromatic rings. The average Bonchev–Trinajstić information content (AvgIpc) is 2.68. The Bertz CT molecular complexity index is 944. The Hall–Kier alpha value is -2.96. The van der Waals surface area contributed by atoms with Gasteiger partial charge in [0.25, 0.3) is 0 Å². The molecule has 2 heterocycles. The van der Waals surface area contributed by atoms with E-state index in [2.05, 4.69) is 15.0 Å². The molecule has 0 saturated carbocycles. The summed E-state index contributed by atoms with van der Waals surface area (Å²) in [5.41, 5.74) is 4.31. The van der Waals surface area contributed by atoms with Crippen LogP contribution >= 0.6 is 12.2 Å². The fraction of sp³-hybridized carbons (Fsp3) is 0.368. The smallest absolute Gasteiger partial charge is 0.457 e. The monoisotopic (exact) mass is 480 g/mol. The third-order valence-electron chi connectivity index (χ3n) is 4.53. The molecule has 1 aromatic carbocycles. The maximum atomic E-state index is 13.4. The summed E-state index contributed by atoms with van der Waals surface area (Å²) in [7, 11) is 0. The number of hydrogen-bond donors (Lipinski definition) is 2. The number of halogens is 6. The molecule has 174 valence electrons. The molecule has 0 amide bonds. The minimum Gasteiger partial charge on any atom is -0.457 e. The van der Waals surface area contributed by atoms with Crippen LogP contribution in [0.2, 0.25) is 0 Å². The quantitative estimate of drug-likeness (QED) is 0.479. The molecule has 0 bridgehead atoms. The van der Waals surface area contributed by atoms with Crippen LogP contribution in [-0.2, 0) is 6.18 Å². The highest BCUT2D eigenvalue weighted by Crippen LogP contribution is 2.35. The van der Waals surface area contributed by atoms with Gasteiger partial charge in [0.05, 0.1) is 0 Å². The van der Waals surface area contributed by atoms with Crippen LogP contribution in [0.15, 0.2) is 36.4 Å². The van der Waals surface area contributed by atoms with Crippen molar-refractivity contribution in [1.82, 2.24) is 10.3 Å². The number of aromatic nitrogens is 1. The molecule has 1 aliphatic rings. The van der Waals surface area contributed by atoms with Crippen molar-refractivity contribution in [2.24, 2.45) is 5.73 Å². The number of piperidine rings is 1. The molecule has 1 aromatic heterocycles. The van der Waals surface area contributed by atoms with E-state index in [1.807, 2.05) is 0 Å². The molecule has 1 aliphatic heterocycles. The van der Waals surface area contributed by atoms with Gasteiger partial charge in [-0.25, -0.2) is 4.98 Å². The molecule has 3 N–H and O–H groups in total. The molecule has 0 aliphatic carbocycles. The van der Waals surface area contributed by atoms with Crippen molar-refractivity contribution in [3.63, 3.8) is 0 Å². The van der Waals surface area contributed by atoms with Crippen LogP contribution in [0.4, 0.5) is 32.2 Å². The standard InChI is InChI=1S/C19H18F6N4O2S/c20-18(21,22)15-9-14(30-12-1-3-13(4-2-12)31-19(23,24)25)10-16(28-15)29-7-5-11(6-8-29)27-17(26)32/h1-4,9-11H,5-8H2,(H3,26,27,32). The number of alkyl halides is 6. The van der Waals surface area contributed by atoms with Crippen LogP contribution in [0.5, 0.6) is 17.2 Å². The fourth-order valence-electron chi connectivity index (χ4n) is 3.16. The summed E-state index contributed by atoms with van der Waals surface area (Å²) < 4.78 is 86.1. The Kier molecular flexibility index (Phi) is 6.86. The van der Waals surface area contributed by atoms with Crippen LogP contribution in [0.1, 0.15) is 18.5 Å². The highest BCUT2D eigenvalue weighted by molar-refractivity contribution is 7.80. The number of pyridine rings is 1. The van der Waals surface area contributed by atoms with Crippen molar-refractivity contribution in [3.8, 4) is 17.2 Å². The number of ether oxygens (including phenoxy) is 2. The van der Waals surface area contributed by atoms with E-state index in [4.69, 9.17) is 22.7 Å². The Balaban J connectivity index is 1.78. The van der Waals surface area contributed by atoms with Crippen molar-refractivity contribution in [3.05, 3.63) is 42.1 Å². The van der Waals surface area contributed by atoms with Gasteiger partial charge < -0.3 is 25.4 Å². The van der Waals surface area contributed by atoms with E-state index < -0.39 is 24.0 Å². The van der Waals surface area contributed by atoms with Crippen LogP contribution in [0.25, 0.3) is 0 Å². The fourth-order valence-corrected chi connectivity index (χ4v) is 3.32. The molecule has 13 heteroatoms. The summed E-state index contributed by atoms with van der Waals surface area (Å²) >= 11 is 4.81. The van der Waals surface area contributed by atoms with E-state index in [1.165, 1.54) is 6.07 Å². The van der Waals surface area contributed by atoms with Gasteiger partial charge in [0.1, 0.15) is 23.1 Å². The number of rotatable bonds is 5. The molecule has 0 unspecified atom stereocenters. The highest BCUT2D eigenvalue weighted by Gasteiger charge is 2.35. The average molecular weight is 480 g/mol. The Labute approximate surface area is 184 Å². The number of nitrogens with zero attached hydrogens (tertiary/aromatic N) is 2. The van der Waals surface area contributed by atoms with Gasteiger partial charge in [-0.1, -0.05) is 0 Å². The molecule has 32 heavy (non-hydrogen) atoms. The molecule has 3 rings (SSSR count). The van der Waals surface area contributed by atoms with E-state index in [-0.39, 0.29) is 28.5 Å². The van der Waals surface area contributed by atoms with E-state index >= 15 is 0 Å². The van der Waals surface area contributed by atoms with Crippen LogP contribution in [0, 0.1) is 0 Å². The molecule has 0 spiro atoms. The SMILES string of the molecule is NC(=S)NC1CCN(c2cc(Oc3ccc(OC(F)(F)F)cc3)cc(C(F)(F)F)n2)CC1. The topological polar surface area (TPSA) is 72.6 Å². The number of anilines is 1. The molecular formula is C19H18F6N4O2S.